The van der Waals surface area contributed by atoms with E-state index in [2.05, 4.69) is 45.0 Å². The van der Waals surface area contributed by atoms with Crippen molar-refractivity contribution in [2.75, 3.05) is 0 Å². The van der Waals surface area contributed by atoms with E-state index in [1.807, 2.05) is 18.2 Å². The highest BCUT2D eigenvalue weighted by atomic mass is 28.3. The predicted molar refractivity (Wildman–Crippen MR) is 126 cm³/mol. The van der Waals surface area contributed by atoms with Crippen LogP contribution in [0.4, 0.5) is 4.39 Å². The second kappa shape index (κ2) is 9.28. The smallest absolute Gasteiger partial charge is 0.150 e. The average molecular weight is 439 g/mol. The van der Waals surface area contributed by atoms with Gasteiger partial charge in [0.25, 0.3) is 0 Å². The van der Waals surface area contributed by atoms with Crippen LogP contribution >= 0.6 is 0 Å². The summed E-state index contributed by atoms with van der Waals surface area (Å²) < 4.78 is 22.0. The van der Waals surface area contributed by atoms with E-state index in [1.54, 1.807) is 18.2 Å². The number of aldehydes is 1. The molecule has 164 valence electrons. The maximum Gasteiger partial charge on any atom is 0.150 e. The Morgan fingerprint density at radius 1 is 1.06 bits per heavy atom. The van der Waals surface area contributed by atoms with E-state index in [4.69, 9.17) is 9.72 Å². The molecule has 31 heavy (non-hydrogen) atoms. The first-order chi connectivity index (χ1) is 14.6. The highest BCUT2D eigenvalue weighted by molar-refractivity contribution is 6.77. The Kier molecular flexibility index (Phi) is 6.92. The number of imidazole rings is 1. The van der Waals surface area contributed by atoms with Crippen LogP contribution in [0.2, 0.25) is 19.6 Å². The quantitative estimate of drug-likeness (QED) is 0.296. The molecule has 0 fully saturated rings. The van der Waals surface area contributed by atoms with Gasteiger partial charge in [0.05, 0.1) is 19.5 Å². The molecule has 1 heterocycles. The molecular formula is C25H31FN2O2Si. The van der Waals surface area contributed by atoms with E-state index < -0.39 is 8.07 Å². The lowest BCUT2D eigenvalue weighted by atomic mass is 10.0. The zero-order valence-corrected chi connectivity index (χ0v) is 20.1. The summed E-state index contributed by atoms with van der Waals surface area (Å²) in [6.45, 7) is 13.6. The van der Waals surface area contributed by atoms with Gasteiger partial charge in [-0.3, -0.25) is 4.79 Å². The summed E-state index contributed by atoms with van der Waals surface area (Å²) in [6.07, 6.45) is 0.842. The molecular weight excluding hydrogens is 407 g/mol. The van der Waals surface area contributed by atoms with Gasteiger partial charge in [-0.1, -0.05) is 51.7 Å². The van der Waals surface area contributed by atoms with Crippen molar-refractivity contribution in [1.82, 2.24) is 9.55 Å². The molecule has 2 aromatic carbocycles. The van der Waals surface area contributed by atoms with Gasteiger partial charge in [-0.15, -0.1) is 0 Å². The molecule has 3 rings (SSSR count). The molecule has 0 aliphatic heterocycles. The third-order valence-corrected chi connectivity index (χ3v) is 8.21. The number of rotatable bonds is 8. The summed E-state index contributed by atoms with van der Waals surface area (Å²) >= 11 is 0. The standard InChI is InChI=1S/C25H31FN2O2Si/c1-17(2)25-27-23(20-10-12-22(26)13-11-20)24(21-9-7-8-19(14-21)15-29)28(25)16-30-18(3)31(4,5)6/h7-15,17-18H,16H2,1-6H3. The average Bonchev–Trinajstić information content (AvgIpc) is 3.11. The lowest BCUT2D eigenvalue weighted by Crippen LogP contribution is -2.38. The molecule has 4 nitrogen and oxygen atoms in total. The topological polar surface area (TPSA) is 44.1 Å². The maximum atomic E-state index is 13.6. The minimum atomic E-state index is -1.48. The van der Waals surface area contributed by atoms with Crippen molar-refractivity contribution < 1.29 is 13.9 Å². The summed E-state index contributed by atoms with van der Waals surface area (Å²) in [7, 11) is -1.48. The van der Waals surface area contributed by atoms with Gasteiger partial charge in [0, 0.05) is 28.3 Å². The fourth-order valence-electron chi connectivity index (χ4n) is 3.34. The van der Waals surface area contributed by atoms with Gasteiger partial charge in [-0.05, 0) is 37.3 Å². The lowest BCUT2D eigenvalue weighted by molar-refractivity contribution is 0.0554. The number of halogens is 1. The Balaban J connectivity index is 2.21. The van der Waals surface area contributed by atoms with Crippen LogP contribution in [0.15, 0.2) is 48.5 Å². The van der Waals surface area contributed by atoms with Gasteiger partial charge < -0.3 is 9.30 Å². The maximum absolute atomic E-state index is 13.6. The van der Waals surface area contributed by atoms with Gasteiger partial charge in [0.1, 0.15) is 24.7 Å². The fraction of sp³-hybridized carbons (Fsp3) is 0.360. The molecule has 1 aromatic heterocycles. The van der Waals surface area contributed by atoms with E-state index in [-0.39, 0.29) is 17.5 Å². The molecule has 6 heteroatoms. The van der Waals surface area contributed by atoms with Gasteiger partial charge in [-0.2, -0.15) is 0 Å². The van der Waals surface area contributed by atoms with Gasteiger partial charge >= 0.3 is 0 Å². The van der Waals surface area contributed by atoms with Gasteiger partial charge in [0.15, 0.2) is 0 Å². The molecule has 0 amide bonds. The highest BCUT2D eigenvalue weighted by Gasteiger charge is 2.26. The van der Waals surface area contributed by atoms with Gasteiger partial charge in [-0.25, -0.2) is 9.37 Å². The van der Waals surface area contributed by atoms with Crippen LogP contribution in [0.3, 0.4) is 0 Å². The lowest BCUT2D eigenvalue weighted by Gasteiger charge is -2.26. The van der Waals surface area contributed by atoms with Crippen molar-refractivity contribution in [3.8, 4) is 22.5 Å². The molecule has 0 bridgehead atoms. The molecule has 0 N–H and O–H groups in total. The monoisotopic (exact) mass is 438 g/mol. The van der Waals surface area contributed by atoms with Crippen LogP contribution in [0.25, 0.3) is 22.5 Å². The van der Waals surface area contributed by atoms with E-state index in [9.17, 15) is 9.18 Å². The summed E-state index contributed by atoms with van der Waals surface area (Å²) in [5.41, 5.74) is 4.10. The molecule has 0 radical (unpaired) electrons. The van der Waals surface area contributed by atoms with Crippen molar-refractivity contribution in [3.63, 3.8) is 0 Å². The normalized spacial score (nSPS) is 12.9. The first kappa shape index (κ1) is 23.1. The van der Waals surface area contributed by atoms with Crippen LogP contribution < -0.4 is 0 Å². The van der Waals surface area contributed by atoms with Crippen LogP contribution in [-0.4, -0.2) is 29.6 Å². The Morgan fingerprint density at radius 3 is 2.32 bits per heavy atom. The molecule has 0 aliphatic carbocycles. The van der Waals surface area contributed by atoms with Crippen LogP contribution in [0.5, 0.6) is 0 Å². The molecule has 0 spiro atoms. The molecule has 1 atom stereocenters. The van der Waals surface area contributed by atoms with Crippen molar-refractivity contribution in [1.29, 1.82) is 0 Å². The summed E-state index contributed by atoms with van der Waals surface area (Å²) in [5.74, 6) is 0.769. The molecule has 0 aliphatic rings. The van der Waals surface area contributed by atoms with E-state index in [0.717, 1.165) is 34.6 Å². The summed E-state index contributed by atoms with van der Waals surface area (Å²) in [4.78, 5) is 16.4. The number of nitrogens with zero attached hydrogens (tertiary/aromatic N) is 2. The molecule has 0 saturated heterocycles. The van der Waals surface area contributed by atoms with Crippen molar-refractivity contribution >= 4 is 14.4 Å². The zero-order valence-electron chi connectivity index (χ0n) is 19.1. The number of carbonyl (C=O) groups is 1. The van der Waals surface area contributed by atoms with Crippen LogP contribution in [0.1, 0.15) is 42.9 Å². The van der Waals surface area contributed by atoms with Crippen molar-refractivity contribution in [2.24, 2.45) is 0 Å². The SMILES string of the molecule is CC(C)c1nc(-c2ccc(F)cc2)c(-c2cccc(C=O)c2)n1COC(C)[Si](C)(C)C. The number of benzene rings is 2. The van der Waals surface area contributed by atoms with Crippen LogP contribution in [0, 0.1) is 5.82 Å². The number of hydrogen-bond donors (Lipinski definition) is 0. The van der Waals surface area contributed by atoms with Crippen molar-refractivity contribution in [2.45, 2.75) is 58.8 Å². The van der Waals surface area contributed by atoms with Gasteiger partial charge in [0.2, 0.25) is 0 Å². The zero-order chi connectivity index (χ0) is 22.8. The largest absolute Gasteiger partial charge is 0.361 e. The molecule has 3 aromatic rings. The first-order valence-corrected chi connectivity index (χ1v) is 14.2. The number of aromatic nitrogens is 2. The van der Waals surface area contributed by atoms with E-state index >= 15 is 0 Å². The summed E-state index contributed by atoms with van der Waals surface area (Å²) in [5, 5.41) is 0. The predicted octanol–water partition coefficient (Wildman–Crippen LogP) is 6.53. The fourth-order valence-corrected chi connectivity index (χ4v) is 3.91. The number of hydrogen-bond acceptors (Lipinski definition) is 3. The van der Waals surface area contributed by atoms with Crippen LogP contribution in [-0.2, 0) is 11.5 Å². The third-order valence-electron chi connectivity index (χ3n) is 5.60. The Labute approximate surface area is 185 Å². The minimum absolute atomic E-state index is 0.160. The second-order valence-electron chi connectivity index (χ2n) is 9.30. The second-order valence-corrected chi connectivity index (χ2v) is 14.8. The van der Waals surface area contributed by atoms with Crippen molar-refractivity contribution in [3.05, 3.63) is 65.7 Å². The minimum Gasteiger partial charge on any atom is -0.361 e. The Hall–Kier alpha value is -2.57. The Bertz CT molecular complexity index is 1050. The number of ether oxygens (including phenoxy) is 1. The molecule has 1 unspecified atom stereocenters. The molecule has 0 saturated carbocycles. The van der Waals surface area contributed by atoms with E-state index in [0.29, 0.717) is 12.3 Å². The first-order valence-electron chi connectivity index (χ1n) is 10.7. The van der Waals surface area contributed by atoms with E-state index in [1.165, 1.54) is 12.1 Å². The highest BCUT2D eigenvalue weighted by Crippen LogP contribution is 2.35. The summed E-state index contributed by atoms with van der Waals surface area (Å²) in [6, 6.07) is 13.8. The third kappa shape index (κ3) is 5.19. The Morgan fingerprint density at radius 2 is 1.74 bits per heavy atom. The number of carbonyl (C=O) groups excluding carboxylic acids is 1.